The molecule has 2 unspecified atom stereocenters. The van der Waals surface area contributed by atoms with Gasteiger partial charge in [0.15, 0.2) is 12.4 Å². The molecule has 9 nitrogen and oxygen atoms in total. The Morgan fingerprint density at radius 3 is 1.14 bits per heavy atom. The lowest BCUT2D eigenvalue weighted by molar-refractivity contribution is -0.870. The lowest BCUT2D eigenvalue weighted by Gasteiger charge is -2.26. The highest BCUT2D eigenvalue weighted by atomic mass is 16.7. The van der Waals surface area contributed by atoms with Crippen molar-refractivity contribution in [2.24, 2.45) is 0 Å². The molecule has 0 aromatic rings. The van der Waals surface area contributed by atoms with Crippen molar-refractivity contribution in [1.29, 1.82) is 0 Å². The Hall–Kier alpha value is -2.49. The predicted octanol–water partition coefficient (Wildman–Crippen LogP) is 16.7. The van der Waals surface area contributed by atoms with Crippen molar-refractivity contribution in [3.63, 3.8) is 0 Å². The molecule has 0 aliphatic carbocycles. The molecule has 0 radical (unpaired) electrons. The van der Waals surface area contributed by atoms with Crippen LogP contribution in [0.25, 0.3) is 0 Å². The van der Waals surface area contributed by atoms with E-state index < -0.39 is 24.3 Å². The van der Waals surface area contributed by atoms with Gasteiger partial charge in [-0.2, -0.15) is 0 Å². The van der Waals surface area contributed by atoms with Gasteiger partial charge in [0.2, 0.25) is 0 Å². The predicted molar refractivity (Wildman–Crippen MR) is 302 cm³/mol. The van der Waals surface area contributed by atoms with Crippen molar-refractivity contribution >= 4 is 17.9 Å². The Kier molecular flexibility index (Phi) is 52.9. The van der Waals surface area contributed by atoms with E-state index in [0.29, 0.717) is 23.9 Å². The molecular weight excluding hydrogens is 899 g/mol. The van der Waals surface area contributed by atoms with Gasteiger partial charge in [0, 0.05) is 12.8 Å². The first-order valence-electron chi connectivity index (χ1n) is 30.6. The largest absolute Gasteiger partial charge is 0.545 e. The molecule has 0 saturated carbocycles. The lowest BCUT2D eigenvalue weighted by Crippen LogP contribution is -2.44. The van der Waals surface area contributed by atoms with Crippen LogP contribution in [-0.2, 0) is 33.3 Å². The lowest BCUT2D eigenvalue weighted by atomic mass is 10.0. The van der Waals surface area contributed by atoms with Gasteiger partial charge in [-0.05, 0) is 51.4 Å². The summed E-state index contributed by atoms with van der Waals surface area (Å²) in [5.41, 5.74) is 0. The van der Waals surface area contributed by atoms with Crippen molar-refractivity contribution in [3.05, 3.63) is 36.5 Å². The van der Waals surface area contributed by atoms with Crippen molar-refractivity contribution in [3.8, 4) is 0 Å². The summed E-state index contributed by atoms with van der Waals surface area (Å²) in [6.07, 6.45) is 63.5. The smallest absolute Gasteiger partial charge is 0.306 e. The number of hydrogen-bond acceptors (Lipinski definition) is 8. The Bertz CT molecular complexity index is 1270. The Morgan fingerprint density at radius 1 is 0.417 bits per heavy atom. The van der Waals surface area contributed by atoms with Crippen LogP contribution in [0.2, 0.25) is 0 Å². The van der Waals surface area contributed by atoms with Crippen molar-refractivity contribution in [2.45, 2.75) is 302 Å². The minimum Gasteiger partial charge on any atom is -0.545 e. The average molecular weight is 1020 g/mol. The summed E-state index contributed by atoms with van der Waals surface area (Å²) in [7, 11) is 5.92. The summed E-state index contributed by atoms with van der Waals surface area (Å²) in [4.78, 5) is 37.3. The van der Waals surface area contributed by atoms with Crippen LogP contribution in [-0.4, -0.2) is 82.3 Å². The second kappa shape index (κ2) is 54.8. The first-order valence-corrected chi connectivity index (χ1v) is 30.6. The average Bonchev–Trinajstić information content (AvgIpc) is 3.35. The van der Waals surface area contributed by atoms with Gasteiger partial charge in [-0.3, -0.25) is 9.59 Å². The highest BCUT2D eigenvalue weighted by molar-refractivity contribution is 5.70. The second-order valence-electron chi connectivity index (χ2n) is 22.0. The van der Waals surface area contributed by atoms with Gasteiger partial charge in [-0.25, -0.2) is 0 Å². The van der Waals surface area contributed by atoms with E-state index in [1.807, 2.05) is 21.1 Å². The van der Waals surface area contributed by atoms with Crippen LogP contribution in [0.5, 0.6) is 0 Å². The van der Waals surface area contributed by atoms with Gasteiger partial charge in [-0.15, -0.1) is 0 Å². The Balaban J connectivity index is 4.15. The first-order chi connectivity index (χ1) is 35.1. The molecule has 0 saturated heterocycles. The molecule has 0 fully saturated rings. The van der Waals surface area contributed by atoms with Crippen molar-refractivity contribution < 1.29 is 42.9 Å². The van der Waals surface area contributed by atoms with E-state index in [4.69, 9.17) is 18.9 Å². The maximum absolute atomic E-state index is 12.9. The van der Waals surface area contributed by atoms with E-state index in [2.05, 4.69) is 50.3 Å². The molecule has 0 spiro atoms. The van der Waals surface area contributed by atoms with Crippen LogP contribution in [0.1, 0.15) is 290 Å². The van der Waals surface area contributed by atoms with E-state index in [1.165, 1.54) is 186 Å². The fraction of sp³-hybridized carbons (Fsp3) is 0.857. The maximum Gasteiger partial charge on any atom is 0.306 e. The van der Waals surface area contributed by atoms with Crippen LogP contribution in [0, 0.1) is 0 Å². The summed E-state index contributed by atoms with van der Waals surface area (Å²) in [6, 6.07) is 0. The molecule has 2 atom stereocenters. The van der Waals surface area contributed by atoms with E-state index in [0.717, 1.165) is 70.6 Å². The SMILES string of the molecule is CCCCC/C=C\C/C=C\C/C=C\CCCCCCCCC(=O)OC(COC(=O)CCCCCCCCCCCCCCCCCCCCCCCCCCCCCC)COC(OCC[N+](C)(C)C)C(=O)[O-]. The zero-order valence-corrected chi connectivity index (χ0v) is 48.1. The minimum atomic E-state index is -1.62. The highest BCUT2D eigenvalue weighted by Crippen LogP contribution is 2.18. The molecule has 0 aliphatic rings. The second-order valence-corrected chi connectivity index (χ2v) is 22.0. The molecular formula is C63H117NO8. The zero-order valence-electron chi connectivity index (χ0n) is 48.1. The third kappa shape index (κ3) is 55.3. The number of carbonyl (C=O) groups is 3. The Labute approximate surface area is 445 Å². The zero-order chi connectivity index (χ0) is 52.7. The summed E-state index contributed by atoms with van der Waals surface area (Å²) in [5.74, 6) is -2.28. The molecule has 0 bridgehead atoms. The Morgan fingerprint density at radius 2 is 0.750 bits per heavy atom. The normalized spacial score (nSPS) is 13.0. The number of likely N-dealkylation sites (N-methyl/N-ethyl adjacent to an activating group) is 1. The van der Waals surface area contributed by atoms with Crippen LogP contribution in [0.3, 0.4) is 0 Å². The monoisotopic (exact) mass is 1020 g/mol. The summed E-state index contributed by atoms with van der Waals surface area (Å²) >= 11 is 0. The fourth-order valence-corrected chi connectivity index (χ4v) is 8.90. The molecule has 422 valence electrons. The number of allylic oxidation sites excluding steroid dienone is 6. The molecule has 0 amide bonds. The summed E-state index contributed by atoms with van der Waals surface area (Å²) in [5, 5.41) is 11.8. The van der Waals surface area contributed by atoms with Gasteiger partial charge < -0.3 is 33.3 Å². The van der Waals surface area contributed by atoms with Gasteiger partial charge in [0.1, 0.15) is 13.2 Å². The molecule has 0 aromatic carbocycles. The number of quaternary nitrogens is 1. The van der Waals surface area contributed by atoms with E-state index in [9.17, 15) is 19.5 Å². The molecule has 0 heterocycles. The van der Waals surface area contributed by atoms with Crippen LogP contribution in [0.4, 0.5) is 0 Å². The summed E-state index contributed by atoms with van der Waals surface area (Å²) < 4.78 is 22.7. The quantitative estimate of drug-likeness (QED) is 0.0195. The molecule has 9 heteroatoms. The van der Waals surface area contributed by atoms with E-state index >= 15 is 0 Å². The number of ether oxygens (including phenoxy) is 4. The van der Waals surface area contributed by atoms with Gasteiger partial charge in [0.25, 0.3) is 0 Å². The number of hydrogen-bond donors (Lipinski definition) is 0. The van der Waals surface area contributed by atoms with E-state index in [1.54, 1.807) is 0 Å². The van der Waals surface area contributed by atoms with Crippen LogP contribution >= 0.6 is 0 Å². The molecule has 0 aromatic heterocycles. The highest BCUT2D eigenvalue weighted by Gasteiger charge is 2.22. The molecule has 0 rings (SSSR count). The number of aliphatic carboxylic acids is 1. The number of carboxylic acid groups (broad SMARTS) is 1. The van der Waals surface area contributed by atoms with Gasteiger partial charge in [0.05, 0.1) is 40.3 Å². The standard InChI is InChI=1S/C63H117NO8/c1-6-8-10-12-14-16-18-20-22-24-26-27-28-29-30-31-32-33-34-36-37-39-41-43-45-47-49-51-53-60(65)70-57-59(58-71-63(62(67)68)69-56-55-64(3,4)5)72-61(66)54-52-50-48-46-44-42-40-38-35-25-23-21-19-17-15-13-11-9-7-2/h15,17,21,23,35,38,59,63H,6-14,16,18-20,22,24-34,36-37,39-58H2,1-5H3/b17-15-,23-21-,38-35-. The third-order valence-electron chi connectivity index (χ3n) is 13.6. The number of carbonyl (C=O) groups excluding carboxylic acids is 3. The molecule has 0 N–H and O–H groups in total. The number of rotatable bonds is 57. The minimum absolute atomic E-state index is 0.146. The maximum atomic E-state index is 12.9. The molecule has 72 heavy (non-hydrogen) atoms. The fourth-order valence-electron chi connectivity index (χ4n) is 8.90. The van der Waals surface area contributed by atoms with Crippen LogP contribution < -0.4 is 5.11 Å². The van der Waals surface area contributed by atoms with Crippen LogP contribution in [0.15, 0.2) is 36.5 Å². The number of unbranched alkanes of at least 4 members (excludes halogenated alkanes) is 36. The topological polar surface area (TPSA) is 111 Å². The number of nitrogens with zero attached hydrogens (tertiary/aromatic N) is 1. The molecule has 0 aliphatic heterocycles. The van der Waals surface area contributed by atoms with E-state index in [-0.39, 0.29) is 32.2 Å². The van der Waals surface area contributed by atoms with Crippen molar-refractivity contribution in [1.82, 2.24) is 0 Å². The first kappa shape index (κ1) is 69.5. The number of esters is 2. The van der Waals surface area contributed by atoms with Gasteiger partial charge in [-0.1, -0.05) is 262 Å². The number of carboxylic acids is 1. The summed E-state index contributed by atoms with van der Waals surface area (Å²) in [6.45, 7) is 4.75. The third-order valence-corrected chi connectivity index (χ3v) is 13.6. The van der Waals surface area contributed by atoms with Crippen molar-refractivity contribution in [2.75, 3.05) is 47.5 Å². The van der Waals surface area contributed by atoms with Gasteiger partial charge >= 0.3 is 11.9 Å².